The van der Waals surface area contributed by atoms with E-state index in [4.69, 9.17) is 0 Å². The Kier molecular flexibility index (Phi) is 8.35. The highest BCUT2D eigenvalue weighted by Crippen LogP contribution is 2.29. The summed E-state index contributed by atoms with van der Waals surface area (Å²) in [4.78, 5) is 6.11. The van der Waals surface area contributed by atoms with Gasteiger partial charge < -0.3 is 10.2 Å². The molecule has 1 fully saturated rings. The monoisotopic (exact) mass is 383 g/mol. The Bertz CT molecular complexity index is 242. The van der Waals surface area contributed by atoms with Gasteiger partial charge in [0.15, 0.2) is 5.96 Å². The molecule has 8 heteroatoms. The van der Waals surface area contributed by atoms with Gasteiger partial charge in [-0.1, -0.05) is 0 Å². The van der Waals surface area contributed by atoms with Crippen molar-refractivity contribution in [2.45, 2.75) is 18.3 Å². The van der Waals surface area contributed by atoms with Crippen LogP contribution in [-0.2, 0) is 0 Å². The maximum Gasteiger partial charge on any atom is 0.441 e. The van der Waals surface area contributed by atoms with Crippen LogP contribution in [-0.4, -0.2) is 48.8 Å². The van der Waals surface area contributed by atoms with Crippen LogP contribution in [0.3, 0.4) is 0 Å². The third-order valence-corrected chi connectivity index (χ3v) is 3.00. The molecule has 1 heterocycles. The average molecular weight is 383 g/mol. The standard InChI is InChI=1S/C9H16F3N3S.HI/c1-13-8(15-5-2-3-6-15)14-4-7-16-9(10,11)12;/h2-7H2,1H3,(H,13,14);1H. The predicted octanol–water partition coefficient (Wildman–Crippen LogP) is 2.53. The molecule has 0 aromatic rings. The molecule has 1 N–H and O–H groups in total. The molecule has 1 aliphatic rings. The number of aliphatic imine (C=N–C) groups is 1. The Morgan fingerprint density at radius 1 is 1.35 bits per heavy atom. The second-order valence-corrected chi connectivity index (χ2v) is 4.62. The van der Waals surface area contributed by atoms with Crippen LogP contribution in [0.4, 0.5) is 13.2 Å². The molecule has 0 radical (unpaired) electrons. The normalized spacial score (nSPS) is 16.9. The van der Waals surface area contributed by atoms with Gasteiger partial charge in [0, 0.05) is 32.4 Å². The van der Waals surface area contributed by atoms with Gasteiger partial charge in [-0.15, -0.1) is 24.0 Å². The van der Waals surface area contributed by atoms with Gasteiger partial charge >= 0.3 is 5.51 Å². The van der Waals surface area contributed by atoms with Crippen LogP contribution in [0.25, 0.3) is 0 Å². The van der Waals surface area contributed by atoms with Crippen LogP contribution in [0.15, 0.2) is 4.99 Å². The first-order valence-electron chi connectivity index (χ1n) is 5.19. The number of hydrogen-bond donors (Lipinski definition) is 1. The van der Waals surface area contributed by atoms with E-state index in [1.807, 2.05) is 0 Å². The Morgan fingerprint density at radius 2 is 1.94 bits per heavy atom. The van der Waals surface area contributed by atoms with Crippen LogP contribution in [0.2, 0.25) is 0 Å². The SMILES string of the molecule is CN=C(NCCSC(F)(F)F)N1CCCC1.I. The minimum atomic E-state index is -4.14. The molecule has 0 atom stereocenters. The number of nitrogens with one attached hydrogen (secondary N) is 1. The molecule has 0 amide bonds. The molecule has 17 heavy (non-hydrogen) atoms. The van der Waals surface area contributed by atoms with Crippen molar-refractivity contribution >= 4 is 41.7 Å². The highest BCUT2D eigenvalue weighted by atomic mass is 127. The molecule has 1 rings (SSSR count). The maximum atomic E-state index is 11.9. The van der Waals surface area contributed by atoms with Crippen molar-refractivity contribution in [2.24, 2.45) is 4.99 Å². The van der Waals surface area contributed by atoms with Crippen molar-refractivity contribution in [3.63, 3.8) is 0 Å². The summed E-state index contributed by atoms with van der Waals surface area (Å²) in [5.41, 5.74) is -4.14. The number of thioether (sulfide) groups is 1. The van der Waals surface area contributed by atoms with E-state index in [2.05, 4.69) is 15.2 Å². The van der Waals surface area contributed by atoms with E-state index in [0.717, 1.165) is 25.9 Å². The largest absolute Gasteiger partial charge is 0.441 e. The topological polar surface area (TPSA) is 27.6 Å². The zero-order chi connectivity index (χ0) is 12.0. The predicted molar refractivity (Wildman–Crippen MR) is 76.1 cm³/mol. The highest BCUT2D eigenvalue weighted by molar-refractivity contribution is 14.0. The zero-order valence-corrected chi connectivity index (χ0v) is 12.7. The molecule has 0 aromatic carbocycles. The lowest BCUT2D eigenvalue weighted by atomic mass is 10.4. The third-order valence-electron chi connectivity index (χ3n) is 2.27. The van der Waals surface area contributed by atoms with Crippen LogP contribution in [0, 0.1) is 0 Å². The van der Waals surface area contributed by atoms with Crippen LogP contribution < -0.4 is 5.32 Å². The van der Waals surface area contributed by atoms with E-state index in [9.17, 15) is 13.2 Å². The number of guanidine groups is 1. The lowest BCUT2D eigenvalue weighted by Crippen LogP contribution is -2.40. The number of likely N-dealkylation sites (tertiary alicyclic amines) is 1. The van der Waals surface area contributed by atoms with Crippen LogP contribution in [0.1, 0.15) is 12.8 Å². The van der Waals surface area contributed by atoms with Gasteiger partial charge in [-0.25, -0.2) is 0 Å². The number of rotatable bonds is 3. The molecule has 0 aromatic heterocycles. The maximum absolute atomic E-state index is 11.9. The summed E-state index contributed by atoms with van der Waals surface area (Å²) in [5, 5.41) is 2.94. The molecular weight excluding hydrogens is 366 g/mol. The second kappa shape index (κ2) is 8.28. The summed E-state index contributed by atoms with van der Waals surface area (Å²) < 4.78 is 35.6. The fourth-order valence-corrected chi connectivity index (χ4v) is 2.03. The first-order valence-corrected chi connectivity index (χ1v) is 6.18. The number of alkyl halides is 3. The van der Waals surface area contributed by atoms with Gasteiger partial charge in [-0.3, -0.25) is 4.99 Å². The van der Waals surface area contributed by atoms with Gasteiger partial charge in [0.25, 0.3) is 0 Å². The molecule has 0 aliphatic carbocycles. The molecule has 0 spiro atoms. The minimum absolute atomic E-state index is 0. The van der Waals surface area contributed by atoms with E-state index in [0.29, 0.717) is 5.96 Å². The van der Waals surface area contributed by atoms with Gasteiger partial charge in [-0.05, 0) is 24.6 Å². The summed E-state index contributed by atoms with van der Waals surface area (Å²) in [6, 6.07) is 0. The quantitative estimate of drug-likeness (QED) is 0.351. The highest BCUT2D eigenvalue weighted by Gasteiger charge is 2.27. The van der Waals surface area contributed by atoms with E-state index < -0.39 is 5.51 Å². The molecule has 0 bridgehead atoms. The summed E-state index contributed by atoms with van der Waals surface area (Å²) in [5.74, 6) is 0.719. The van der Waals surface area contributed by atoms with Gasteiger partial charge in [0.05, 0.1) is 0 Å². The Morgan fingerprint density at radius 3 is 2.41 bits per heavy atom. The number of nitrogens with zero attached hydrogens (tertiary/aromatic N) is 2. The summed E-state index contributed by atoms with van der Waals surface area (Å²) in [6.07, 6.45) is 2.25. The van der Waals surface area contributed by atoms with E-state index in [1.54, 1.807) is 7.05 Å². The van der Waals surface area contributed by atoms with Crippen molar-refractivity contribution in [3.05, 3.63) is 0 Å². The summed E-state index contributed by atoms with van der Waals surface area (Å²) in [6.45, 7) is 2.16. The molecular formula is C9H17F3IN3S. The first kappa shape index (κ1) is 17.1. The molecule has 102 valence electrons. The van der Waals surface area contributed by atoms with Gasteiger partial charge in [0.1, 0.15) is 0 Å². The first-order chi connectivity index (χ1) is 7.53. The number of hydrogen-bond acceptors (Lipinski definition) is 2. The van der Waals surface area contributed by atoms with Crippen LogP contribution >= 0.6 is 35.7 Å². The Balaban J connectivity index is 0.00000256. The summed E-state index contributed by atoms with van der Waals surface area (Å²) in [7, 11) is 1.65. The lowest BCUT2D eigenvalue weighted by Gasteiger charge is -2.20. The Hall–Kier alpha value is 0.140. The fourth-order valence-electron chi connectivity index (χ4n) is 1.59. The molecule has 1 saturated heterocycles. The van der Waals surface area contributed by atoms with Crippen LogP contribution in [0.5, 0.6) is 0 Å². The van der Waals surface area contributed by atoms with Crippen molar-refractivity contribution < 1.29 is 13.2 Å². The second-order valence-electron chi connectivity index (χ2n) is 3.46. The van der Waals surface area contributed by atoms with Crippen molar-refractivity contribution in [3.8, 4) is 0 Å². The Labute approximate surface area is 121 Å². The van der Waals surface area contributed by atoms with Gasteiger partial charge in [0.2, 0.25) is 0 Å². The molecule has 0 saturated carbocycles. The fraction of sp³-hybridized carbons (Fsp3) is 0.889. The van der Waals surface area contributed by atoms with E-state index in [1.165, 1.54) is 0 Å². The third kappa shape index (κ3) is 7.22. The van der Waals surface area contributed by atoms with Crippen molar-refractivity contribution in [2.75, 3.05) is 32.4 Å². The lowest BCUT2D eigenvalue weighted by molar-refractivity contribution is -0.0327. The van der Waals surface area contributed by atoms with E-state index >= 15 is 0 Å². The van der Waals surface area contributed by atoms with Crippen molar-refractivity contribution in [1.29, 1.82) is 0 Å². The summed E-state index contributed by atoms with van der Waals surface area (Å²) >= 11 is -0.00743. The van der Waals surface area contributed by atoms with E-state index in [-0.39, 0.29) is 48.0 Å². The molecule has 3 nitrogen and oxygen atoms in total. The van der Waals surface area contributed by atoms with Crippen molar-refractivity contribution in [1.82, 2.24) is 10.2 Å². The van der Waals surface area contributed by atoms with Gasteiger partial charge in [-0.2, -0.15) is 13.2 Å². The zero-order valence-electron chi connectivity index (χ0n) is 9.59. The smallest absolute Gasteiger partial charge is 0.355 e. The molecule has 1 aliphatic heterocycles. The molecule has 0 unspecified atom stereocenters. The average Bonchev–Trinajstić information content (AvgIpc) is 2.69. The minimum Gasteiger partial charge on any atom is -0.355 e. The number of halogens is 4.